The van der Waals surface area contributed by atoms with E-state index in [-0.39, 0.29) is 11.1 Å². The van der Waals surface area contributed by atoms with E-state index in [9.17, 15) is 9.59 Å². The van der Waals surface area contributed by atoms with Crippen molar-refractivity contribution in [2.24, 2.45) is 0 Å². The Hall–Kier alpha value is -1.62. The monoisotopic (exact) mass is 238 g/mol. The second kappa shape index (κ2) is 6.20. The van der Waals surface area contributed by atoms with Crippen molar-refractivity contribution < 1.29 is 9.63 Å². The number of aromatic amines is 1. The molecule has 0 saturated carbocycles. The van der Waals surface area contributed by atoms with Gasteiger partial charge in [-0.05, 0) is 31.9 Å². The molecule has 1 heterocycles. The molecule has 17 heavy (non-hydrogen) atoms. The summed E-state index contributed by atoms with van der Waals surface area (Å²) < 4.78 is 0. The van der Waals surface area contributed by atoms with Crippen LogP contribution in [0.4, 0.5) is 0 Å². The van der Waals surface area contributed by atoms with Crippen LogP contribution in [0.2, 0.25) is 0 Å². The predicted octanol–water partition coefficient (Wildman–Crippen LogP) is 1.32. The highest BCUT2D eigenvalue weighted by atomic mass is 16.6. The topological polar surface area (TPSA) is 71.2 Å². The molecule has 1 aromatic rings. The Balaban J connectivity index is 2.99. The molecule has 0 aliphatic rings. The standard InChI is InChI=1S/C12H18N2O3/c1-4-6-10-8(3)7-9(11(15)13-10)12(16)14-17-5-2/h7H,4-6H2,1-3H3,(H,13,15)(H,14,16). The van der Waals surface area contributed by atoms with Crippen LogP contribution in [0.1, 0.15) is 41.9 Å². The number of H-pyrrole nitrogens is 1. The van der Waals surface area contributed by atoms with Gasteiger partial charge in [0.15, 0.2) is 0 Å². The maximum absolute atomic E-state index is 11.7. The summed E-state index contributed by atoms with van der Waals surface area (Å²) in [4.78, 5) is 30.8. The molecule has 5 nitrogen and oxygen atoms in total. The van der Waals surface area contributed by atoms with Gasteiger partial charge in [-0.25, -0.2) is 5.48 Å². The van der Waals surface area contributed by atoms with E-state index in [1.165, 1.54) is 0 Å². The fourth-order valence-corrected chi connectivity index (χ4v) is 1.54. The second-order valence-electron chi connectivity index (χ2n) is 3.79. The highest BCUT2D eigenvalue weighted by Crippen LogP contribution is 2.06. The van der Waals surface area contributed by atoms with Crippen LogP contribution in [0.5, 0.6) is 0 Å². The van der Waals surface area contributed by atoms with Crippen LogP contribution in [0.25, 0.3) is 0 Å². The molecule has 0 aliphatic heterocycles. The number of hydrogen-bond donors (Lipinski definition) is 2. The highest BCUT2D eigenvalue weighted by molar-refractivity contribution is 5.93. The summed E-state index contributed by atoms with van der Waals surface area (Å²) in [6.07, 6.45) is 1.75. The first kappa shape index (κ1) is 13.4. The van der Waals surface area contributed by atoms with Crippen molar-refractivity contribution in [3.05, 3.63) is 33.2 Å². The first-order valence-corrected chi connectivity index (χ1v) is 5.75. The summed E-state index contributed by atoms with van der Waals surface area (Å²) in [6, 6.07) is 1.60. The van der Waals surface area contributed by atoms with E-state index in [2.05, 4.69) is 10.5 Å². The van der Waals surface area contributed by atoms with Crippen LogP contribution in [-0.2, 0) is 11.3 Å². The molecular weight excluding hydrogens is 220 g/mol. The molecule has 2 N–H and O–H groups in total. The van der Waals surface area contributed by atoms with Gasteiger partial charge in [0.2, 0.25) is 0 Å². The summed E-state index contributed by atoms with van der Waals surface area (Å²) in [7, 11) is 0. The van der Waals surface area contributed by atoms with Crippen molar-refractivity contribution in [2.75, 3.05) is 6.61 Å². The summed E-state index contributed by atoms with van der Waals surface area (Å²) in [5.74, 6) is -0.515. The lowest BCUT2D eigenvalue weighted by Gasteiger charge is -2.07. The van der Waals surface area contributed by atoms with Crippen molar-refractivity contribution in [1.82, 2.24) is 10.5 Å². The number of amides is 1. The number of pyridine rings is 1. The minimum Gasteiger partial charge on any atom is -0.325 e. The smallest absolute Gasteiger partial charge is 0.280 e. The molecule has 0 bridgehead atoms. The van der Waals surface area contributed by atoms with E-state index < -0.39 is 5.91 Å². The molecule has 0 spiro atoms. The fourth-order valence-electron chi connectivity index (χ4n) is 1.54. The van der Waals surface area contributed by atoms with E-state index in [0.29, 0.717) is 6.61 Å². The van der Waals surface area contributed by atoms with E-state index in [1.807, 2.05) is 13.8 Å². The lowest BCUT2D eigenvalue weighted by molar-refractivity contribution is 0.0363. The number of nitrogens with one attached hydrogen (secondary N) is 2. The van der Waals surface area contributed by atoms with Crippen LogP contribution < -0.4 is 11.0 Å². The van der Waals surface area contributed by atoms with Gasteiger partial charge < -0.3 is 4.98 Å². The number of carbonyl (C=O) groups excluding carboxylic acids is 1. The lowest BCUT2D eigenvalue weighted by atomic mass is 10.1. The van der Waals surface area contributed by atoms with Crippen molar-refractivity contribution in [3.8, 4) is 0 Å². The summed E-state index contributed by atoms with van der Waals surface area (Å²) in [5.41, 5.74) is 3.70. The average Bonchev–Trinajstić information content (AvgIpc) is 2.30. The number of aromatic nitrogens is 1. The van der Waals surface area contributed by atoms with Crippen molar-refractivity contribution in [3.63, 3.8) is 0 Å². The van der Waals surface area contributed by atoms with Gasteiger partial charge in [-0.2, -0.15) is 0 Å². The first-order valence-electron chi connectivity index (χ1n) is 5.75. The van der Waals surface area contributed by atoms with Gasteiger partial charge in [-0.1, -0.05) is 13.3 Å². The molecule has 0 atom stereocenters. The van der Waals surface area contributed by atoms with Crippen LogP contribution in [0.3, 0.4) is 0 Å². The van der Waals surface area contributed by atoms with E-state index in [0.717, 1.165) is 24.1 Å². The normalized spacial score (nSPS) is 10.3. The molecule has 0 aromatic carbocycles. The fraction of sp³-hybridized carbons (Fsp3) is 0.500. The van der Waals surface area contributed by atoms with Gasteiger partial charge in [0.05, 0.1) is 6.61 Å². The summed E-state index contributed by atoms with van der Waals surface area (Å²) in [6.45, 7) is 6.02. The number of hydrogen-bond acceptors (Lipinski definition) is 3. The lowest BCUT2D eigenvalue weighted by Crippen LogP contribution is -2.30. The largest absolute Gasteiger partial charge is 0.325 e. The SMILES string of the molecule is CCCc1[nH]c(=O)c(C(=O)NOCC)cc1C. The van der Waals surface area contributed by atoms with Gasteiger partial charge >= 0.3 is 0 Å². The molecule has 0 radical (unpaired) electrons. The zero-order valence-corrected chi connectivity index (χ0v) is 10.4. The van der Waals surface area contributed by atoms with Crippen LogP contribution in [-0.4, -0.2) is 17.5 Å². The van der Waals surface area contributed by atoms with Gasteiger partial charge in [-0.15, -0.1) is 0 Å². The molecule has 5 heteroatoms. The molecule has 0 aliphatic carbocycles. The quantitative estimate of drug-likeness (QED) is 0.760. The molecule has 0 unspecified atom stereocenters. The Morgan fingerprint density at radius 3 is 2.76 bits per heavy atom. The minimum absolute atomic E-state index is 0.0794. The third-order valence-corrected chi connectivity index (χ3v) is 2.40. The van der Waals surface area contributed by atoms with Crippen LogP contribution in [0.15, 0.2) is 10.9 Å². The average molecular weight is 238 g/mol. The Kier molecular flexibility index (Phi) is 4.90. The Morgan fingerprint density at radius 2 is 2.18 bits per heavy atom. The third-order valence-electron chi connectivity index (χ3n) is 2.40. The van der Waals surface area contributed by atoms with E-state index in [1.54, 1.807) is 13.0 Å². The van der Waals surface area contributed by atoms with Crippen molar-refractivity contribution >= 4 is 5.91 Å². The Bertz CT molecular complexity index is 452. The van der Waals surface area contributed by atoms with Crippen molar-refractivity contribution in [1.29, 1.82) is 0 Å². The summed E-state index contributed by atoms with van der Waals surface area (Å²) in [5, 5.41) is 0. The highest BCUT2D eigenvalue weighted by Gasteiger charge is 2.12. The molecule has 1 amide bonds. The number of rotatable bonds is 5. The van der Waals surface area contributed by atoms with E-state index >= 15 is 0 Å². The van der Waals surface area contributed by atoms with E-state index in [4.69, 9.17) is 4.84 Å². The van der Waals surface area contributed by atoms with Crippen molar-refractivity contribution in [2.45, 2.75) is 33.6 Å². The van der Waals surface area contributed by atoms with Crippen LogP contribution >= 0.6 is 0 Å². The molecule has 0 saturated heterocycles. The summed E-state index contributed by atoms with van der Waals surface area (Å²) >= 11 is 0. The molecule has 94 valence electrons. The van der Waals surface area contributed by atoms with Gasteiger partial charge in [0.1, 0.15) is 5.56 Å². The third kappa shape index (κ3) is 3.42. The number of hydroxylamine groups is 1. The molecule has 0 fully saturated rings. The molecule has 1 aromatic heterocycles. The minimum atomic E-state index is -0.515. The zero-order valence-electron chi connectivity index (χ0n) is 10.4. The Labute approximate surface area is 100 Å². The molecular formula is C12H18N2O3. The number of aryl methyl sites for hydroxylation is 2. The van der Waals surface area contributed by atoms with Gasteiger partial charge in [0.25, 0.3) is 11.5 Å². The van der Waals surface area contributed by atoms with Gasteiger partial charge in [0, 0.05) is 5.69 Å². The maximum atomic E-state index is 11.7. The number of carbonyl (C=O) groups is 1. The van der Waals surface area contributed by atoms with Crippen LogP contribution in [0, 0.1) is 6.92 Å². The second-order valence-corrected chi connectivity index (χ2v) is 3.79. The molecule has 1 rings (SSSR count). The zero-order chi connectivity index (χ0) is 12.8. The van der Waals surface area contributed by atoms with Gasteiger partial charge in [-0.3, -0.25) is 14.4 Å². The first-order chi connectivity index (χ1) is 8.10. The maximum Gasteiger partial charge on any atom is 0.280 e. The Morgan fingerprint density at radius 1 is 1.47 bits per heavy atom. The predicted molar refractivity (Wildman–Crippen MR) is 64.9 cm³/mol.